The number of hydrogen-bond acceptors (Lipinski definition) is 3. The lowest BCUT2D eigenvalue weighted by Gasteiger charge is -2.11. The third-order valence-corrected chi connectivity index (χ3v) is 7.03. The molecule has 0 saturated carbocycles. The normalized spacial score (nSPS) is 11.6. The quantitative estimate of drug-likeness (QED) is 0.329. The number of halogens is 1. The summed E-state index contributed by atoms with van der Waals surface area (Å²) < 4.78 is 43.6. The van der Waals surface area contributed by atoms with E-state index in [9.17, 15) is 12.8 Å². The van der Waals surface area contributed by atoms with Crippen LogP contribution in [-0.4, -0.2) is 18.0 Å². The van der Waals surface area contributed by atoms with Crippen molar-refractivity contribution in [1.29, 1.82) is 0 Å². The molecule has 7 heteroatoms. The van der Waals surface area contributed by atoms with Crippen molar-refractivity contribution in [3.05, 3.63) is 120 Å². The van der Waals surface area contributed by atoms with Crippen molar-refractivity contribution >= 4 is 26.7 Å². The summed E-state index contributed by atoms with van der Waals surface area (Å²) >= 11 is 0. The van der Waals surface area contributed by atoms with E-state index in [2.05, 4.69) is 27.5 Å². The van der Waals surface area contributed by atoms with Crippen LogP contribution in [0.15, 0.2) is 108 Å². The highest BCUT2D eigenvalue weighted by atomic mass is 32.2. The molecule has 0 spiro atoms. The Morgan fingerprint density at radius 2 is 1.44 bits per heavy atom. The molecule has 5 aromatic rings. The molecule has 0 aliphatic rings. The fraction of sp³-hybridized carbons (Fsp3) is 0.0741. The summed E-state index contributed by atoms with van der Waals surface area (Å²) in [5.74, 6) is 0.171. The number of aryl methyl sites for hydroxylation is 2. The van der Waals surface area contributed by atoms with Crippen LogP contribution in [0, 0.1) is 5.82 Å². The highest BCUT2D eigenvalue weighted by molar-refractivity contribution is 7.92. The molecule has 0 bridgehead atoms. The molecule has 4 aromatic carbocycles. The van der Waals surface area contributed by atoms with Gasteiger partial charge in [-0.25, -0.2) is 17.8 Å². The van der Waals surface area contributed by atoms with Gasteiger partial charge in [0.1, 0.15) is 16.5 Å². The first-order chi connectivity index (χ1) is 16.5. The van der Waals surface area contributed by atoms with Crippen LogP contribution in [-0.2, 0) is 22.9 Å². The minimum atomic E-state index is -4.00. The Hall–Kier alpha value is -3.97. The molecule has 170 valence electrons. The van der Waals surface area contributed by atoms with Crippen molar-refractivity contribution in [2.24, 2.45) is 0 Å². The highest BCUT2D eigenvalue weighted by Crippen LogP contribution is 2.23. The van der Waals surface area contributed by atoms with Crippen molar-refractivity contribution in [2.75, 3.05) is 4.72 Å². The molecule has 0 amide bonds. The van der Waals surface area contributed by atoms with Crippen molar-refractivity contribution in [1.82, 2.24) is 9.55 Å². The Kier molecular flexibility index (Phi) is 5.86. The summed E-state index contributed by atoms with van der Waals surface area (Å²) in [7, 11) is -4.00. The van der Waals surface area contributed by atoms with Crippen molar-refractivity contribution in [2.45, 2.75) is 17.7 Å². The maximum atomic E-state index is 13.9. The average Bonchev–Trinajstić information content (AvgIpc) is 3.22. The number of sulfonamides is 1. The lowest BCUT2D eigenvalue weighted by atomic mass is 10.1. The van der Waals surface area contributed by atoms with E-state index in [1.807, 2.05) is 48.5 Å². The number of imidazole rings is 1. The van der Waals surface area contributed by atoms with E-state index in [0.29, 0.717) is 12.1 Å². The minimum Gasteiger partial charge on any atom is -0.296 e. The lowest BCUT2D eigenvalue weighted by molar-refractivity contribution is 0.570. The highest BCUT2D eigenvalue weighted by Gasteiger charge is 2.18. The van der Waals surface area contributed by atoms with Crippen LogP contribution < -0.4 is 4.72 Å². The van der Waals surface area contributed by atoms with E-state index in [0.717, 1.165) is 40.6 Å². The smallest absolute Gasteiger partial charge is 0.264 e. The minimum absolute atomic E-state index is 0.376. The number of fused-ring (bicyclic) bond motifs is 1. The first-order valence-corrected chi connectivity index (χ1v) is 12.4. The van der Waals surface area contributed by atoms with Gasteiger partial charge >= 0.3 is 0 Å². The topological polar surface area (TPSA) is 64.0 Å². The van der Waals surface area contributed by atoms with Gasteiger partial charge in [0.2, 0.25) is 0 Å². The molecule has 0 radical (unpaired) electrons. The van der Waals surface area contributed by atoms with E-state index in [1.165, 1.54) is 18.2 Å². The summed E-state index contributed by atoms with van der Waals surface area (Å²) in [6.45, 7) is 0. The number of benzene rings is 4. The van der Waals surface area contributed by atoms with Crippen molar-refractivity contribution in [3.8, 4) is 5.69 Å². The van der Waals surface area contributed by atoms with Gasteiger partial charge in [0, 0.05) is 17.8 Å². The van der Waals surface area contributed by atoms with E-state index in [1.54, 1.807) is 12.1 Å². The molecule has 1 aromatic heterocycles. The molecule has 0 fully saturated rings. The van der Waals surface area contributed by atoms with Gasteiger partial charge in [0.25, 0.3) is 10.0 Å². The van der Waals surface area contributed by atoms with Gasteiger partial charge in [-0.2, -0.15) is 0 Å². The number of aromatic nitrogens is 2. The summed E-state index contributed by atoms with van der Waals surface area (Å²) in [5.41, 5.74) is 4.48. The van der Waals surface area contributed by atoms with Gasteiger partial charge in [-0.05, 0) is 60.5 Å². The molecule has 34 heavy (non-hydrogen) atoms. The number of rotatable bonds is 7. The van der Waals surface area contributed by atoms with E-state index in [-0.39, 0.29) is 4.90 Å². The second-order valence-corrected chi connectivity index (χ2v) is 9.57. The number of nitrogens with zero attached hydrogens (tertiary/aromatic N) is 2. The Bertz CT molecular complexity index is 1550. The largest absolute Gasteiger partial charge is 0.296 e. The van der Waals surface area contributed by atoms with Crippen molar-refractivity contribution in [3.63, 3.8) is 0 Å². The Balaban J connectivity index is 1.35. The molecule has 5 rings (SSSR count). The Labute approximate surface area is 197 Å². The van der Waals surface area contributed by atoms with Gasteiger partial charge in [-0.15, -0.1) is 0 Å². The number of para-hydroxylation sites is 3. The summed E-state index contributed by atoms with van der Waals surface area (Å²) in [4.78, 5) is 4.47. The molecule has 1 N–H and O–H groups in total. The first-order valence-electron chi connectivity index (χ1n) is 10.9. The van der Waals surface area contributed by atoms with Gasteiger partial charge < -0.3 is 0 Å². The van der Waals surface area contributed by atoms with Crippen LogP contribution in [0.5, 0.6) is 0 Å². The third-order valence-electron chi connectivity index (χ3n) is 5.61. The predicted octanol–water partition coefficient (Wildman–Crippen LogP) is 5.75. The molecular weight excluding hydrogens is 449 g/mol. The fourth-order valence-electron chi connectivity index (χ4n) is 3.98. The van der Waals surface area contributed by atoms with Crippen LogP contribution in [0.3, 0.4) is 0 Å². The number of nitrogens with one attached hydrogen (secondary N) is 1. The van der Waals surface area contributed by atoms with Crippen molar-refractivity contribution < 1.29 is 12.8 Å². The lowest BCUT2D eigenvalue weighted by Crippen LogP contribution is -2.14. The van der Waals surface area contributed by atoms with E-state index in [4.69, 9.17) is 4.98 Å². The summed E-state index contributed by atoms with van der Waals surface area (Å²) in [5, 5.41) is 0. The molecular formula is C27H22FN3O2S. The zero-order valence-corrected chi connectivity index (χ0v) is 19.0. The predicted molar refractivity (Wildman–Crippen MR) is 132 cm³/mol. The Morgan fingerprint density at radius 1 is 0.765 bits per heavy atom. The SMILES string of the molecule is O=S(=O)(Nc1ccc(CCc2nc3ccccc3n2-c2ccccc2)cc1)c1ccccc1F. The second-order valence-electron chi connectivity index (χ2n) is 7.92. The molecule has 0 aliphatic heterocycles. The van der Waals surface area contributed by atoms with Crippen LogP contribution in [0.1, 0.15) is 11.4 Å². The van der Waals surface area contributed by atoms with Crippen LogP contribution in [0.4, 0.5) is 10.1 Å². The van der Waals surface area contributed by atoms with Gasteiger partial charge in [0.15, 0.2) is 0 Å². The molecule has 0 saturated heterocycles. The van der Waals surface area contributed by atoms with Gasteiger partial charge in [0.05, 0.1) is 11.0 Å². The zero-order chi connectivity index (χ0) is 23.5. The van der Waals surface area contributed by atoms with Gasteiger partial charge in [-0.3, -0.25) is 9.29 Å². The monoisotopic (exact) mass is 471 g/mol. The van der Waals surface area contributed by atoms with Crippen LogP contribution in [0.25, 0.3) is 16.7 Å². The standard InChI is InChI=1S/C27H22FN3O2S/c28-23-10-4-7-13-26(23)34(32,33)30-21-17-14-20(15-18-21)16-19-27-29-24-11-5-6-12-25(24)31(27)22-8-2-1-3-9-22/h1-15,17-18,30H,16,19H2. The number of anilines is 1. The first kappa shape index (κ1) is 21.9. The van der Waals surface area contributed by atoms with Gasteiger partial charge in [-0.1, -0.05) is 54.6 Å². The molecule has 1 heterocycles. The molecule has 0 atom stereocenters. The molecule has 0 aliphatic carbocycles. The average molecular weight is 472 g/mol. The van der Waals surface area contributed by atoms with Crippen LogP contribution in [0.2, 0.25) is 0 Å². The maximum absolute atomic E-state index is 13.9. The summed E-state index contributed by atoms with van der Waals surface area (Å²) in [6.07, 6.45) is 1.44. The zero-order valence-electron chi connectivity index (χ0n) is 18.2. The van der Waals surface area contributed by atoms with E-state index >= 15 is 0 Å². The summed E-state index contributed by atoms with van der Waals surface area (Å²) in [6, 6.07) is 30.6. The Morgan fingerprint density at radius 3 is 2.21 bits per heavy atom. The van der Waals surface area contributed by atoms with Crippen LogP contribution >= 0.6 is 0 Å². The maximum Gasteiger partial charge on any atom is 0.264 e. The second kappa shape index (κ2) is 9.11. The molecule has 0 unspecified atom stereocenters. The molecule has 5 nitrogen and oxygen atoms in total. The van der Waals surface area contributed by atoms with E-state index < -0.39 is 15.8 Å². The third kappa shape index (κ3) is 4.43. The number of hydrogen-bond donors (Lipinski definition) is 1. The fourth-order valence-corrected chi connectivity index (χ4v) is 5.12.